The number of ether oxygens (including phenoxy) is 1. The molecule has 24 heavy (non-hydrogen) atoms. The largest absolute Gasteiger partial charge is 0.461 e. The van der Waals surface area contributed by atoms with Gasteiger partial charge in [-0.3, -0.25) is 4.79 Å². The van der Waals surface area contributed by atoms with Gasteiger partial charge in [-0.25, -0.2) is 4.79 Å². The van der Waals surface area contributed by atoms with Crippen LogP contribution < -0.4 is 0 Å². The molecule has 2 aromatic rings. The lowest BCUT2D eigenvalue weighted by Gasteiger charge is -2.13. The fraction of sp³-hybridized carbons (Fsp3) is 0.400. The zero-order chi connectivity index (χ0) is 17.1. The molecule has 1 aromatic heterocycles. The van der Waals surface area contributed by atoms with Crippen molar-refractivity contribution in [1.82, 2.24) is 4.57 Å². The van der Waals surface area contributed by atoms with Gasteiger partial charge >= 0.3 is 5.97 Å². The van der Waals surface area contributed by atoms with Gasteiger partial charge in [-0.1, -0.05) is 29.8 Å². The molecule has 0 atom stereocenters. The molecule has 0 N–H and O–H groups in total. The summed E-state index contributed by atoms with van der Waals surface area (Å²) in [4.78, 5) is 25.0. The second kappa shape index (κ2) is 7.04. The number of nitrogens with zero attached hydrogens (tertiary/aromatic N) is 1. The highest BCUT2D eigenvalue weighted by Crippen LogP contribution is 2.26. The Balaban J connectivity index is 2.06. The van der Waals surface area contributed by atoms with Crippen LogP contribution in [0.5, 0.6) is 0 Å². The molecule has 3 rings (SSSR count). The van der Waals surface area contributed by atoms with Crippen molar-refractivity contribution >= 4 is 11.8 Å². The van der Waals surface area contributed by atoms with E-state index in [1.165, 1.54) is 5.56 Å². The van der Waals surface area contributed by atoms with E-state index in [2.05, 4.69) is 0 Å². The minimum atomic E-state index is -0.356. The molecule has 4 heteroatoms. The third-order valence-corrected chi connectivity index (χ3v) is 4.49. The Kier molecular flexibility index (Phi) is 4.84. The molecule has 1 aromatic carbocycles. The number of fused-ring (bicyclic) bond motifs is 1. The number of carbonyl (C=O) groups excluding carboxylic acids is 2. The lowest BCUT2D eigenvalue weighted by molar-refractivity contribution is 0.0514. The van der Waals surface area contributed by atoms with Crippen molar-refractivity contribution in [3.05, 3.63) is 58.4 Å². The Morgan fingerprint density at radius 2 is 1.88 bits per heavy atom. The quantitative estimate of drug-likeness (QED) is 0.632. The van der Waals surface area contributed by atoms with Gasteiger partial charge in [-0.05, 0) is 50.3 Å². The van der Waals surface area contributed by atoms with Crippen LogP contribution in [0, 0.1) is 6.92 Å². The summed E-state index contributed by atoms with van der Waals surface area (Å²) < 4.78 is 7.05. The maximum atomic E-state index is 12.6. The van der Waals surface area contributed by atoms with E-state index in [1.54, 1.807) is 6.92 Å². The molecule has 1 aliphatic carbocycles. The van der Waals surface area contributed by atoms with Gasteiger partial charge in [0.05, 0.1) is 12.3 Å². The number of benzene rings is 1. The fourth-order valence-electron chi connectivity index (χ4n) is 3.26. The summed E-state index contributed by atoms with van der Waals surface area (Å²) in [6, 6.07) is 10.0. The third kappa shape index (κ3) is 3.28. The van der Waals surface area contributed by atoms with Crippen LogP contribution >= 0.6 is 0 Å². The number of Topliss-reactive ketones (excluding diaryl/α,β-unsaturated/α-hetero) is 1. The predicted octanol–water partition coefficient (Wildman–Crippen LogP) is 3.93. The Morgan fingerprint density at radius 3 is 2.58 bits per heavy atom. The van der Waals surface area contributed by atoms with E-state index in [9.17, 15) is 9.59 Å². The van der Waals surface area contributed by atoms with Crippen LogP contribution in [0.2, 0.25) is 0 Å². The summed E-state index contributed by atoms with van der Waals surface area (Å²) in [7, 11) is 0. The van der Waals surface area contributed by atoms with E-state index in [0.717, 1.165) is 30.4 Å². The van der Waals surface area contributed by atoms with Gasteiger partial charge in [0.2, 0.25) is 0 Å². The van der Waals surface area contributed by atoms with Crippen molar-refractivity contribution in [2.75, 3.05) is 6.61 Å². The van der Waals surface area contributed by atoms with Gasteiger partial charge in [-0.15, -0.1) is 0 Å². The smallest absolute Gasteiger partial charge is 0.354 e. The highest BCUT2D eigenvalue weighted by molar-refractivity contribution is 5.99. The molecule has 0 fully saturated rings. The minimum absolute atomic E-state index is 0.130. The first-order valence-electron chi connectivity index (χ1n) is 8.58. The van der Waals surface area contributed by atoms with Crippen molar-refractivity contribution in [2.45, 2.75) is 46.1 Å². The molecular weight excluding hydrogens is 302 g/mol. The van der Waals surface area contributed by atoms with E-state index in [-0.39, 0.29) is 11.8 Å². The number of hydrogen-bond acceptors (Lipinski definition) is 3. The molecule has 0 unspecified atom stereocenters. The molecular formula is C20H23NO3. The molecule has 0 aliphatic heterocycles. The number of hydrogen-bond donors (Lipinski definition) is 0. The third-order valence-electron chi connectivity index (χ3n) is 4.49. The van der Waals surface area contributed by atoms with Crippen LogP contribution in [0.15, 0.2) is 30.3 Å². The average molecular weight is 325 g/mol. The van der Waals surface area contributed by atoms with Gasteiger partial charge in [-0.2, -0.15) is 0 Å². The first-order chi connectivity index (χ1) is 11.6. The Morgan fingerprint density at radius 1 is 1.17 bits per heavy atom. The Labute approximate surface area is 142 Å². The van der Waals surface area contributed by atoms with Gasteiger partial charge in [0, 0.05) is 13.0 Å². The van der Waals surface area contributed by atoms with Crippen molar-refractivity contribution < 1.29 is 14.3 Å². The summed E-state index contributed by atoms with van der Waals surface area (Å²) >= 11 is 0. The Bertz CT molecular complexity index is 756. The average Bonchev–Trinajstić information content (AvgIpc) is 2.82. The fourth-order valence-corrected chi connectivity index (χ4v) is 3.26. The van der Waals surface area contributed by atoms with Gasteiger partial charge in [0.25, 0.3) is 0 Å². The molecule has 126 valence electrons. The normalized spacial score (nSPS) is 14.2. The van der Waals surface area contributed by atoms with E-state index in [0.29, 0.717) is 31.0 Å². The first-order valence-corrected chi connectivity index (χ1v) is 8.58. The van der Waals surface area contributed by atoms with Crippen LogP contribution in [0.3, 0.4) is 0 Å². The van der Waals surface area contributed by atoms with Gasteiger partial charge < -0.3 is 9.30 Å². The van der Waals surface area contributed by atoms with Crippen LogP contribution in [0.25, 0.3) is 0 Å². The number of esters is 1. The lowest BCUT2D eigenvalue weighted by Crippen LogP contribution is -2.17. The number of aryl methyl sites for hydroxylation is 2. The number of rotatable bonds is 4. The van der Waals surface area contributed by atoms with E-state index in [1.807, 2.05) is 41.8 Å². The van der Waals surface area contributed by atoms with Gasteiger partial charge in [0.1, 0.15) is 5.69 Å². The maximum Gasteiger partial charge on any atom is 0.354 e. The first kappa shape index (κ1) is 16.5. The summed E-state index contributed by atoms with van der Waals surface area (Å²) in [5, 5.41) is 0. The van der Waals surface area contributed by atoms with Crippen LogP contribution in [0.4, 0.5) is 0 Å². The van der Waals surface area contributed by atoms with Crippen LogP contribution in [-0.4, -0.2) is 22.9 Å². The van der Waals surface area contributed by atoms with Crippen molar-refractivity contribution in [3.63, 3.8) is 0 Å². The van der Waals surface area contributed by atoms with E-state index >= 15 is 0 Å². The minimum Gasteiger partial charge on any atom is -0.461 e. The maximum absolute atomic E-state index is 12.6. The molecule has 0 radical (unpaired) electrons. The molecule has 1 aliphatic rings. The highest BCUT2D eigenvalue weighted by atomic mass is 16.5. The van der Waals surface area contributed by atoms with E-state index < -0.39 is 0 Å². The summed E-state index contributed by atoms with van der Waals surface area (Å²) in [6.45, 7) is 4.67. The molecule has 0 saturated carbocycles. The molecule has 0 amide bonds. The molecule has 4 nitrogen and oxygen atoms in total. The van der Waals surface area contributed by atoms with Crippen molar-refractivity contribution in [1.29, 1.82) is 0 Å². The Hall–Kier alpha value is -2.36. The standard InChI is InChI=1S/C20H23NO3/c1-3-24-20(23)17-12-16-6-4-5-7-18(22)19(16)21(17)13-15-10-8-14(2)9-11-15/h8-12H,3-7,13H2,1-2H3. The number of aromatic nitrogens is 1. The molecule has 1 heterocycles. The second-order valence-electron chi connectivity index (χ2n) is 6.33. The number of carbonyl (C=O) groups is 2. The monoisotopic (exact) mass is 325 g/mol. The predicted molar refractivity (Wildman–Crippen MR) is 92.6 cm³/mol. The second-order valence-corrected chi connectivity index (χ2v) is 6.33. The molecule has 0 bridgehead atoms. The van der Waals surface area contributed by atoms with Crippen molar-refractivity contribution in [2.24, 2.45) is 0 Å². The zero-order valence-corrected chi connectivity index (χ0v) is 14.3. The number of ketones is 1. The van der Waals surface area contributed by atoms with Crippen LogP contribution in [0.1, 0.15) is 63.9 Å². The summed E-state index contributed by atoms with van der Waals surface area (Å²) in [5.41, 5.74) is 4.41. The van der Waals surface area contributed by atoms with E-state index in [4.69, 9.17) is 4.74 Å². The molecule has 0 spiro atoms. The SMILES string of the molecule is CCOC(=O)c1cc2c(n1Cc1ccc(C)cc1)C(=O)CCCC2. The van der Waals surface area contributed by atoms with Crippen molar-refractivity contribution in [3.8, 4) is 0 Å². The van der Waals surface area contributed by atoms with Crippen LogP contribution in [-0.2, 0) is 17.7 Å². The topological polar surface area (TPSA) is 48.3 Å². The molecule has 0 saturated heterocycles. The zero-order valence-electron chi connectivity index (χ0n) is 14.3. The van der Waals surface area contributed by atoms with Gasteiger partial charge in [0.15, 0.2) is 5.78 Å². The highest BCUT2D eigenvalue weighted by Gasteiger charge is 2.26. The summed E-state index contributed by atoms with van der Waals surface area (Å²) in [6.07, 6.45) is 3.28. The summed E-state index contributed by atoms with van der Waals surface area (Å²) in [5.74, 6) is -0.226. The lowest BCUT2D eigenvalue weighted by atomic mass is 10.1.